The van der Waals surface area contributed by atoms with Crippen molar-refractivity contribution in [2.24, 2.45) is 0 Å². The van der Waals surface area contributed by atoms with Gasteiger partial charge in [-0.25, -0.2) is 4.98 Å². The smallest absolute Gasteiger partial charge is 0.179 e. The first-order valence-corrected chi connectivity index (χ1v) is 6.89. The predicted octanol–water partition coefficient (Wildman–Crippen LogP) is 3.95. The van der Waals surface area contributed by atoms with E-state index in [0.717, 1.165) is 25.6 Å². The van der Waals surface area contributed by atoms with Crippen molar-refractivity contribution in [3.63, 3.8) is 0 Å². The molecule has 0 fully saturated rings. The molecule has 2 nitrogen and oxygen atoms in total. The third kappa shape index (κ3) is 3.01. The first-order chi connectivity index (χ1) is 8.06. The van der Waals surface area contributed by atoms with E-state index in [4.69, 9.17) is 0 Å². The van der Waals surface area contributed by atoms with E-state index in [2.05, 4.69) is 20.9 Å². The number of carbonyl (C=O) groups is 1. The standard InChI is InChI=1S/C13H12BrNOS/c1-8-13(17-9(2)15-8)12(16)7-10-3-5-11(14)6-4-10/h3-6H,7H2,1-2H3. The molecule has 88 valence electrons. The van der Waals surface area contributed by atoms with Crippen molar-refractivity contribution in [1.82, 2.24) is 4.98 Å². The second-order valence-electron chi connectivity index (χ2n) is 3.87. The lowest BCUT2D eigenvalue weighted by Gasteiger charge is -2.00. The second-order valence-corrected chi connectivity index (χ2v) is 5.99. The van der Waals surface area contributed by atoms with Gasteiger partial charge >= 0.3 is 0 Å². The maximum absolute atomic E-state index is 12.1. The Morgan fingerprint density at radius 3 is 2.47 bits per heavy atom. The van der Waals surface area contributed by atoms with Gasteiger partial charge in [0.1, 0.15) is 0 Å². The SMILES string of the molecule is Cc1nc(C)c(C(=O)Cc2ccc(Br)cc2)s1. The van der Waals surface area contributed by atoms with Crippen LogP contribution in [0.4, 0.5) is 0 Å². The van der Waals surface area contributed by atoms with Gasteiger partial charge in [-0.2, -0.15) is 0 Å². The Bertz CT molecular complexity index is 545. The molecule has 0 radical (unpaired) electrons. The molecule has 0 unspecified atom stereocenters. The molecule has 0 saturated heterocycles. The Morgan fingerprint density at radius 2 is 1.94 bits per heavy atom. The third-order valence-corrected chi connectivity index (χ3v) is 4.08. The van der Waals surface area contributed by atoms with Crippen LogP contribution in [0.15, 0.2) is 28.7 Å². The fraction of sp³-hybridized carbons (Fsp3) is 0.231. The molecule has 0 bridgehead atoms. The van der Waals surface area contributed by atoms with Crippen molar-refractivity contribution >= 4 is 33.0 Å². The van der Waals surface area contributed by atoms with Crippen LogP contribution in [0.3, 0.4) is 0 Å². The summed E-state index contributed by atoms with van der Waals surface area (Å²) in [6.07, 6.45) is 0.440. The number of rotatable bonds is 3. The first-order valence-electron chi connectivity index (χ1n) is 5.28. The molecule has 0 amide bonds. The summed E-state index contributed by atoms with van der Waals surface area (Å²) in [5.41, 5.74) is 1.87. The molecule has 4 heteroatoms. The molecule has 0 atom stereocenters. The number of Topliss-reactive ketones (excluding diaryl/α,β-unsaturated/α-hetero) is 1. The number of thiazole rings is 1. The molecule has 0 spiro atoms. The molecule has 1 heterocycles. The van der Waals surface area contributed by atoms with Gasteiger partial charge < -0.3 is 0 Å². The van der Waals surface area contributed by atoms with Crippen LogP contribution in [0, 0.1) is 13.8 Å². The molecule has 1 aromatic carbocycles. The quantitative estimate of drug-likeness (QED) is 0.804. The zero-order valence-electron chi connectivity index (χ0n) is 9.66. The summed E-state index contributed by atoms with van der Waals surface area (Å²) in [5, 5.41) is 0.946. The first kappa shape index (κ1) is 12.5. The summed E-state index contributed by atoms with van der Waals surface area (Å²) in [7, 11) is 0. The fourth-order valence-corrected chi connectivity index (χ4v) is 2.78. The zero-order chi connectivity index (χ0) is 12.4. The van der Waals surface area contributed by atoms with Crippen LogP contribution < -0.4 is 0 Å². The monoisotopic (exact) mass is 309 g/mol. The van der Waals surface area contributed by atoms with Gasteiger partial charge in [-0.3, -0.25) is 4.79 Å². The lowest BCUT2D eigenvalue weighted by Crippen LogP contribution is -2.02. The van der Waals surface area contributed by atoms with Crippen molar-refractivity contribution in [3.05, 3.63) is 49.9 Å². The third-order valence-electron chi connectivity index (χ3n) is 2.43. The number of benzene rings is 1. The number of aromatic nitrogens is 1. The average Bonchev–Trinajstić information content (AvgIpc) is 2.61. The number of halogens is 1. The van der Waals surface area contributed by atoms with E-state index in [1.807, 2.05) is 38.1 Å². The van der Waals surface area contributed by atoms with Crippen LogP contribution in [0.25, 0.3) is 0 Å². The highest BCUT2D eigenvalue weighted by atomic mass is 79.9. The molecule has 17 heavy (non-hydrogen) atoms. The molecule has 0 aliphatic rings. The number of aryl methyl sites for hydroxylation is 2. The van der Waals surface area contributed by atoms with Gasteiger partial charge in [0, 0.05) is 10.9 Å². The number of hydrogen-bond acceptors (Lipinski definition) is 3. The van der Waals surface area contributed by atoms with Crippen LogP contribution >= 0.6 is 27.3 Å². The minimum atomic E-state index is 0.149. The minimum Gasteiger partial charge on any atom is -0.293 e. The van der Waals surface area contributed by atoms with Gasteiger partial charge in [0.2, 0.25) is 0 Å². The van der Waals surface area contributed by atoms with Gasteiger partial charge in [-0.15, -0.1) is 11.3 Å². The zero-order valence-corrected chi connectivity index (χ0v) is 12.1. The van der Waals surface area contributed by atoms with Crippen LogP contribution in [0.5, 0.6) is 0 Å². The van der Waals surface area contributed by atoms with Crippen LogP contribution in [-0.4, -0.2) is 10.8 Å². The summed E-state index contributed by atoms with van der Waals surface area (Å²) >= 11 is 4.85. The van der Waals surface area contributed by atoms with E-state index in [-0.39, 0.29) is 5.78 Å². The van der Waals surface area contributed by atoms with E-state index in [1.165, 1.54) is 11.3 Å². The predicted molar refractivity (Wildman–Crippen MR) is 73.8 cm³/mol. The Hall–Kier alpha value is -1.000. The second kappa shape index (κ2) is 5.10. The minimum absolute atomic E-state index is 0.149. The Kier molecular flexibility index (Phi) is 3.74. The Morgan fingerprint density at radius 1 is 1.29 bits per heavy atom. The van der Waals surface area contributed by atoms with Crippen LogP contribution in [0.2, 0.25) is 0 Å². The fourth-order valence-electron chi connectivity index (χ4n) is 1.66. The summed E-state index contributed by atoms with van der Waals surface area (Å²) in [4.78, 5) is 17.2. The normalized spacial score (nSPS) is 10.5. The molecular formula is C13H12BrNOS. The highest BCUT2D eigenvalue weighted by molar-refractivity contribution is 9.10. The molecule has 2 rings (SSSR count). The van der Waals surface area contributed by atoms with Crippen LogP contribution in [-0.2, 0) is 6.42 Å². The van der Waals surface area contributed by atoms with E-state index in [9.17, 15) is 4.79 Å². The number of hydrogen-bond donors (Lipinski definition) is 0. The van der Waals surface area contributed by atoms with Gasteiger partial charge in [-0.05, 0) is 31.5 Å². The summed E-state index contributed by atoms with van der Waals surface area (Å²) < 4.78 is 1.03. The van der Waals surface area contributed by atoms with Gasteiger partial charge in [-0.1, -0.05) is 28.1 Å². The molecule has 1 aromatic heterocycles. The Labute approximate surface area is 113 Å². The summed E-state index contributed by atoms with van der Waals surface area (Å²) in [6, 6.07) is 7.83. The highest BCUT2D eigenvalue weighted by Crippen LogP contribution is 2.20. The number of carbonyl (C=O) groups excluding carboxylic acids is 1. The van der Waals surface area contributed by atoms with Gasteiger partial charge in [0.15, 0.2) is 5.78 Å². The molecule has 0 N–H and O–H groups in total. The van der Waals surface area contributed by atoms with Crippen molar-refractivity contribution in [2.45, 2.75) is 20.3 Å². The van der Waals surface area contributed by atoms with Crippen molar-refractivity contribution < 1.29 is 4.79 Å². The average molecular weight is 310 g/mol. The van der Waals surface area contributed by atoms with Crippen molar-refractivity contribution in [1.29, 1.82) is 0 Å². The molecule has 0 saturated carbocycles. The van der Waals surface area contributed by atoms with Gasteiger partial charge in [0.05, 0.1) is 15.6 Å². The van der Waals surface area contributed by atoms with E-state index in [0.29, 0.717) is 6.42 Å². The largest absolute Gasteiger partial charge is 0.293 e. The topological polar surface area (TPSA) is 30.0 Å². The maximum atomic E-state index is 12.1. The molecule has 2 aromatic rings. The van der Waals surface area contributed by atoms with Crippen molar-refractivity contribution in [2.75, 3.05) is 0 Å². The lowest BCUT2D eigenvalue weighted by atomic mass is 10.1. The summed E-state index contributed by atoms with van der Waals surface area (Å²) in [5.74, 6) is 0.149. The highest BCUT2D eigenvalue weighted by Gasteiger charge is 2.14. The van der Waals surface area contributed by atoms with E-state index < -0.39 is 0 Å². The Balaban J connectivity index is 2.17. The summed E-state index contributed by atoms with van der Waals surface area (Å²) in [6.45, 7) is 3.81. The van der Waals surface area contributed by atoms with Gasteiger partial charge in [0.25, 0.3) is 0 Å². The number of nitrogens with zero attached hydrogens (tertiary/aromatic N) is 1. The lowest BCUT2D eigenvalue weighted by molar-refractivity contribution is 0.0996. The maximum Gasteiger partial charge on any atom is 0.179 e. The van der Waals surface area contributed by atoms with E-state index >= 15 is 0 Å². The molecule has 0 aliphatic heterocycles. The van der Waals surface area contributed by atoms with Crippen LogP contribution in [0.1, 0.15) is 25.9 Å². The molecule has 0 aliphatic carbocycles. The molecular weight excluding hydrogens is 298 g/mol. The van der Waals surface area contributed by atoms with Crippen molar-refractivity contribution in [3.8, 4) is 0 Å². The van der Waals surface area contributed by atoms with E-state index in [1.54, 1.807) is 0 Å². The number of ketones is 1.